The van der Waals surface area contributed by atoms with E-state index in [4.69, 9.17) is 16.3 Å². The van der Waals surface area contributed by atoms with E-state index in [2.05, 4.69) is 5.32 Å². The average Bonchev–Trinajstić information content (AvgIpc) is 2.61. The van der Waals surface area contributed by atoms with Crippen LogP contribution >= 0.6 is 11.6 Å². The minimum absolute atomic E-state index is 0.0365. The maximum absolute atomic E-state index is 12.3. The Bertz CT molecular complexity index is 973. The van der Waals surface area contributed by atoms with Crippen molar-refractivity contribution in [1.29, 1.82) is 0 Å². The van der Waals surface area contributed by atoms with E-state index in [0.717, 1.165) is 4.31 Å². The molecule has 0 saturated heterocycles. The third-order valence-electron chi connectivity index (χ3n) is 3.69. The van der Waals surface area contributed by atoms with Crippen LogP contribution in [0, 0.1) is 6.92 Å². The Morgan fingerprint density at radius 2 is 1.81 bits per heavy atom. The number of amides is 1. The largest absolute Gasteiger partial charge is 0.452 e. The van der Waals surface area contributed by atoms with E-state index in [1.54, 1.807) is 31.2 Å². The number of rotatable bonds is 6. The van der Waals surface area contributed by atoms with Gasteiger partial charge in [-0.15, -0.1) is 0 Å². The fraction of sp³-hybridized carbons (Fsp3) is 0.222. The lowest BCUT2D eigenvalue weighted by molar-refractivity contribution is -0.119. The molecule has 0 fully saturated rings. The Morgan fingerprint density at radius 3 is 2.44 bits per heavy atom. The molecular formula is C18H19ClN2O5S. The molecule has 1 amide bonds. The maximum atomic E-state index is 12.3. The Balaban J connectivity index is 2.10. The number of carbonyl (C=O) groups is 2. The Morgan fingerprint density at radius 1 is 1.15 bits per heavy atom. The molecule has 0 spiro atoms. The first-order chi connectivity index (χ1) is 12.6. The minimum Gasteiger partial charge on any atom is -0.452 e. The lowest BCUT2D eigenvalue weighted by Gasteiger charge is -2.13. The van der Waals surface area contributed by atoms with Crippen LogP contribution in [-0.2, 0) is 19.6 Å². The first kappa shape index (κ1) is 20.9. The number of sulfonamides is 1. The third kappa shape index (κ3) is 5.06. The number of para-hydroxylation sites is 1. The number of aryl methyl sites for hydroxylation is 1. The zero-order chi connectivity index (χ0) is 20.2. The molecule has 144 valence electrons. The van der Waals surface area contributed by atoms with Crippen LogP contribution in [0.4, 0.5) is 5.69 Å². The van der Waals surface area contributed by atoms with Crippen molar-refractivity contribution in [2.45, 2.75) is 11.8 Å². The molecular weight excluding hydrogens is 392 g/mol. The van der Waals surface area contributed by atoms with Gasteiger partial charge in [0.05, 0.1) is 21.2 Å². The summed E-state index contributed by atoms with van der Waals surface area (Å²) in [5.41, 5.74) is 1.00. The number of hydrogen-bond donors (Lipinski definition) is 1. The SMILES string of the molecule is Cc1ccc(S(=O)(=O)N(C)C)cc1C(=O)OCC(=O)Nc1ccccc1Cl. The molecule has 27 heavy (non-hydrogen) atoms. The molecule has 0 bridgehead atoms. The van der Waals surface area contributed by atoms with Crippen molar-refractivity contribution in [2.75, 3.05) is 26.0 Å². The third-order valence-corrected chi connectivity index (χ3v) is 5.83. The smallest absolute Gasteiger partial charge is 0.338 e. The van der Waals surface area contributed by atoms with Gasteiger partial charge in [0.2, 0.25) is 10.0 Å². The quantitative estimate of drug-likeness (QED) is 0.739. The van der Waals surface area contributed by atoms with Crippen molar-refractivity contribution in [3.63, 3.8) is 0 Å². The summed E-state index contributed by atoms with van der Waals surface area (Å²) < 4.78 is 30.5. The number of halogens is 1. The van der Waals surface area contributed by atoms with Gasteiger partial charge in [-0.2, -0.15) is 0 Å². The number of nitrogens with one attached hydrogen (secondary N) is 1. The summed E-state index contributed by atoms with van der Waals surface area (Å²) in [5, 5.41) is 2.89. The van der Waals surface area contributed by atoms with E-state index >= 15 is 0 Å². The van der Waals surface area contributed by atoms with Gasteiger partial charge in [0.25, 0.3) is 5.91 Å². The number of esters is 1. The van der Waals surface area contributed by atoms with Crippen LogP contribution < -0.4 is 5.32 Å². The lowest BCUT2D eigenvalue weighted by atomic mass is 10.1. The number of ether oxygens (including phenoxy) is 1. The molecule has 0 radical (unpaired) electrons. The molecule has 0 unspecified atom stereocenters. The van der Waals surface area contributed by atoms with Crippen LogP contribution in [0.5, 0.6) is 0 Å². The van der Waals surface area contributed by atoms with Gasteiger partial charge in [-0.3, -0.25) is 4.79 Å². The second-order valence-electron chi connectivity index (χ2n) is 5.87. The van der Waals surface area contributed by atoms with Crippen molar-refractivity contribution in [3.8, 4) is 0 Å². The predicted molar refractivity (Wildman–Crippen MR) is 102 cm³/mol. The van der Waals surface area contributed by atoms with E-state index in [9.17, 15) is 18.0 Å². The van der Waals surface area contributed by atoms with Crippen molar-refractivity contribution in [2.24, 2.45) is 0 Å². The summed E-state index contributed by atoms with van der Waals surface area (Å²) in [6.45, 7) is 1.11. The number of benzene rings is 2. The highest BCUT2D eigenvalue weighted by molar-refractivity contribution is 7.89. The summed E-state index contributed by atoms with van der Waals surface area (Å²) >= 11 is 5.95. The molecule has 0 aromatic heterocycles. The number of carbonyl (C=O) groups excluding carboxylic acids is 2. The second kappa shape index (κ2) is 8.51. The molecule has 1 N–H and O–H groups in total. The molecule has 7 nitrogen and oxygen atoms in total. The Kier molecular flexibility index (Phi) is 6.59. The number of nitrogens with zero attached hydrogens (tertiary/aromatic N) is 1. The molecule has 0 heterocycles. The fourth-order valence-corrected chi connectivity index (χ4v) is 3.26. The molecule has 0 saturated carbocycles. The Hall–Kier alpha value is -2.42. The van der Waals surface area contributed by atoms with Gasteiger partial charge in [0.1, 0.15) is 0 Å². The van der Waals surface area contributed by atoms with Crippen LogP contribution in [0.15, 0.2) is 47.4 Å². The average molecular weight is 411 g/mol. The fourth-order valence-electron chi connectivity index (χ4n) is 2.15. The normalized spacial score (nSPS) is 11.3. The molecule has 2 aromatic rings. The summed E-state index contributed by atoms with van der Waals surface area (Å²) in [6, 6.07) is 10.8. The maximum Gasteiger partial charge on any atom is 0.338 e. The topological polar surface area (TPSA) is 92.8 Å². The standard InChI is InChI=1S/C18H19ClN2O5S/c1-12-8-9-13(27(24,25)21(2)3)10-14(12)18(23)26-11-17(22)20-16-7-5-4-6-15(16)19/h4-10H,11H2,1-3H3,(H,20,22). The molecule has 0 aliphatic rings. The van der Waals surface area contributed by atoms with E-state index in [1.807, 2.05) is 0 Å². The van der Waals surface area contributed by atoms with Gasteiger partial charge >= 0.3 is 5.97 Å². The molecule has 0 atom stereocenters. The van der Waals surface area contributed by atoms with Crippen molar-refractivity contribution < 1.29 is 22.7 Å². The van der Waals surface area contributed by atoms with Crippen molar-refractivity contribution in [1.82, 2.24) is 4.31 Å². The summed E-state index contributed by atoms with van der Waals surface area (Å²) in [5.74, 6) is -1.36. The molecule has 9 heteroatoms. The van der Waals surface area contributed by atoms with Crippen molar-refractivity contribution >= 4 is 39.2 Å². The summed E-state index contributed by atoms with van der Waals surface area (Å²) in [7, 11) is -0.905. The van der Waals surface area contributed by atoms with Crippen molar-refractivity contribution in [3.05, 3.63) is 58.6 Å². The van der Waals surface area contributed by atoms with Gasteiger partial charge in [-0.1, -0.05) is 29.8 Å². The molecule has 2 rings (SSSR count). The van der Waals surface area contributed by atoms with Crippen LogP contribution in [0.2, 0.25) is 5.02 Å². The molecule has 0 aliphatic carbocycles. The Labute approximate surface area is 162 Å². The zero-order valence-corrected chi connectivity index (χ0v) is 16.6. The van der Waals surface area contributed by atoms with E-state index < -0.39 is 28.5 Å². The van der Waals surface area contributed by atoms with E-state index in [0.29, 0.717) is 16.3 Å². The monoisotopic (exact) mass is 410 g/mol. The zero-order valence-electron chi connectivity index (χ0n) is 15.0. The van der Waals surface area contributed by atoms with E-state index in [1.165, 1.54) is 32.3 Å². The van der Waals surface area contributed by atoms with E-state index in [-0.39, 0.29) is 10.5 Å². The van der Waals surface area contributed by atoms with Gasteiger partial charge in [0, 0.05) is 14.1 Å². The summed E-state index contributed by atoms with van der Waals surface area (Å²) in [6.07, 6.45) is 0. The van der Waals surface area contributed by atoms with Crippen LogP contribution in [0.1, 0.15) is 15.9 Å². The highest BCUT2D eigenvalue weighted by atomic mass is 35.5. The minimum atomic E-state index is -3.69. The predicted octanol–water partition coefficient (Wildman–Crippen LogP) is 2.69. The van der Waals surface area contributed by atoms with Gasteiger partial charge in [-0.05, 0) is 36.8 Å². The second-order valence-corrected chi connectivity index (χ2v) is 8.43. The van der Waals surface area contributed by atoms with Crippen LogP contribution in [0.3, 0.4) is 0 Å². The first-order valence-electron chi connectivity index (χ1n) is 7.87. The molecule has 2 aromatic carbocycles. The highest BCUT2D eigenvalue weighted by Crippen LogP contribution is 2.21. The van der Waals surface area contributed by atoms with Crippen LogP contribution in [-0.4, -0.2) is 45.3 Å². The van der Waals surface area contributed by atoms with Gasteiger partial charge < -0.3 is 10.1 Å². The first-order valence-corrected chi connectivity index (χ1v) is 9.69. The number of anilines is 1. The highest BCUT2D eigenvalue weighted by Gasteiger charge is 2.21. The summed E-state index contributed by atoms with van der Waals surface area (Å²) in [4.78, 5) is 24.2. The van der Waals surface area contributed by atoms with Gasteiger partial charge in [-0.25, -0.2) is 17.5 Å². The number of hydrogen-bond acceptors (Lipinski definition) is 5. The van der Waals surface area contributed by atoms with Gasteiger partial charge in [0.15, 0.2) is 6.61 Å². The lowest BCUT2D eigenvalue weighted by Crippen LogP contribution is -2.23. The van der Waals surface area contributed by atoms with Crippen LogP contribution in [0.25, 0.3) is 0 Å². The molecule has 0 aliphatic heterocycles.